The Morgan fingerprint density at radius 1 is 1.05 bits per heavy atom. The van der Waals surface area contributed by atoms with Gasteiger partial charge in [-0.15, -0.1) is 0 Å². The Morgan fingerprint density at radius 3 is 2.35 bits per heavy atom. The highest BCUT2D eigenvalue weighted by Crippen LogP contribution is 2.21. The van der Waals surface area contributed by atoms with Crippen molar-refractivity contribution in [1.29, 1.82) is 0 Å². The van der Waals surface area contributed by atoms with Crippen molar-refractivity contribution in [3.05, 3.63) is 70.8 Å². The van der Waals surface area contributed by atoms with E-state index in [0.29, 0.717) is 5.56 Å². The lowest BCUT2D eigenvalue weighted by molar-refractivity contribution is 0.177. The third kappa shape index (κ3) is 3.64. The summed E-state index contributed by atoms with van der Waals surface area (Å²) in [4.78, 5) is 0. The van der Waals surface area contributed by atoms with Gasteiger partial charge in [0.2, 0.25) is 0 Å². The zero-order valence-corrected chi connectivity index (χ0v) is 11.4. The second-order valence-electron chi connectivity index (χ2n) is 4.95. The normalized spacial score (nSPS) is 12.4. The SMILES string of the molecule is CCCc1ccc(C(O)Cc2ccc(F)cc2F)cc1. The molecule has 0 spiro atoms. The van der Waals surface area contributed by atoms with Gasteiger partial charge < -0.3 is 5.11 Å². The molecule has 1 N–H and O–H groups in total. The van der Waals surface area contributed by atoms with Crippen LogP contribution in [0.2, 0.25) is 0 Å². The molecular weight excluding hydrogens is 258 g/mol. The molecule has 0 saturated heterocycles. The maximum atomic E-state index is 13.5. The van der Waals surface area contributed by atoms with E-state index >= 15 is 0 Å². The molecule has 2 rings (SSSR count). The number of aliphatic hydroxyl groups is 1. The van der Waals surface area contributed by atoms with Gasteiger partial charge >= 0.3 is 0 Å². The van der Waals surface area contributed by atoms with E-state index in [1.165, 1.54) is 17.7 Å². The zero-order chi connectivity index (χ0) is 14.5. The van der Waals surface area contributed by atoms with Crippen LogP contribution < -0.4 is 0 Å². The minimum absolute atomic E-state index is 0.138. The molecule has 0 aliphatic rings. The van der Waals surface area contributed by atoms with Crippen LogP contribution in [0.25, 0.3) is 0 Å². The molecule has 0 radical (unpaired) electrons. The molecule has 0 fully saturated rings. The molecular formula is C17H18F2O. The van der Waals surface area contributed by atoms with Gasteiger partial charge in [-0.25, -0.2) is 8.78 Å². The summed E-state index contributed by atoms with van der Waals surface area (Å²) >= 11 is 0. The van der Waals surface area contributed by atoms with Crippen molar-refractivity contribution in [3.63, 3.8) is 0 Å². The zero-order valence-electron chi connectivity index (χ0n) is 11.4. The molecule has 0 saturated carbocycles. The Hall–Kier alpha value is -1.74. The average Bonchev–Trinajstić information content (AvgIpc) is 2.43. The standard InChI is InChI=1S/C17H18F2O/c1-2-3-12-4-6-13(7-5-12)17(20)10-14-8-9-15(18)11-16(14)19/h4-9,11,17,20H,2-3,10H2,1H3. The van der Waals surface area contributed by atoms with Gasteiger partial charge in [-0.2, -0.15) is 0 Å². The quantitative estimate of drug-likeness (QED) is 0.868. The first-order valence-corrected chi connectivity index (χ1v) is 6.81. The molecule has 1 atom stereocenters. The first kappa shape index (κ1) is 14.7. The molecule has 0 aromatic heterocycles. The van der Waals surface area contributed by atoms with Crippen LogP contribution in [-0.4, -0.2) is 5.11 Å². The van der Waals surface area contributed by atoms with Crippen LogP contribution in [0.5, 0.6) is 0 Å². The molecule has 0 aliphatic carbocycles. The fourth-order valence-electron chi connectivity index (χ4n) is 2.21. The lowest BCUT2D eigenvalue weighted by Gasteiger charge is -2.12. The van der Waals surface area contributed by atoms with Crippen LogP contribution in [0, 0.1) is 11.6 Å². The number of halogens is 2. The Balaban J connectivity index is 2.09. The van der Waals surface area contributed by atoms with Crippen molar-refractivity contribution in [2.75, 3.05) is 0 Å². The fourth-order valence-corrected chi connectivity index (χ4v) is 2.21. The molecule has 2 aromatic carbocycles. The lowest BCUT2D eigenvalue weighted by Crippen LogP contribution is -2.04. The number of hydrogen-bond donors (Lipinski definition) is 1. The molecule has 0 aliphatic heterocycles. The van der Waals surface area contributed by atoms with Crippen molar-refractivity contribution >= 4 is 0 Å². The number of aryl methyl sites for hydroxylation is 1. The van der Waals surface area contributed by atoms with Gasteiger partial charge in [0.25, 0.3) is 0 Å². The Labute approximate surface area is 117 Å². The molecule has 3 heteroatoms. The summed E-state index contributed by atoms with van der Waals surface area (Å²) < 4.78 is 26.4. The van der Waals surface area contributed by atoms with Gasteiger partial charge in [0, 0.05) is 12.5 Å². The Bertz CT molecular complexity index is 564. The monoisotopic (exact) mass is 276 g/mol. The third-order valence-electron chi connectivity index (χ3n) is 3.33. The summed E-state index contributed by atoms with van der Waals surface area (Å²) in [6.07, 6.45) is 1.43. The predicted molar refractivity (Wildman–Crippen MR) is 75.5 cm³/mol. The van der Waals surface area contributed by atoms with E-state index in [0.717, 1.165) is 24.5 Å². The third-order valence-corrected chi connectivity index (χ3v) is 3.33. The second-order valence-corrected chi connectivity index (χ2v) is 4.95. The molecule has 0 heterocycles. The number of rotatable bonds is 5. The summed E-state index contributed by atoms with van der Waals surface area (Å²) in [6, 6.07) is 11.1. The van der Waals surface area contributed by atoms with Gasteiger partial charge in [-0.05, 0) is 29.2 Å². The van der Waals surface area contributed by atoms with Crippen molar-refractivity contribution in [2.45, 2.75) is 32.3 Å². The average molecular weight is 276 g/mol. The van der Waals surface area contributed by atoms with Crippen LogP contribution in [-0.2, 0) is 12.8 Å². The lowest BCUT2D eigenvalue weighted by atomic mass is 9.99. The number of benzene rings is 2. The van der Waals surface area contributed by atoms with Crippen molar-refractivity contribution in [3.8, 4) is 0 Å². The summed E-state index contributed by atoms with van der Waals surface area (Å²) in [7, 11) is 0. The van der Waals surface area contributed by atoms with Crippen molar-refractivity contribution < 1.29 is 13.9 Å². The second kappa shape index (κ2) is 6.62. The largest absolute Gasteiger partial charge is 0.388 e. The van der Waals surface area contributed by atoms with Crippen LogP contribution in [0.1, 0.15) is 36.1 Å². The van der Waals surface area contributed by atoms with Gasteiger partial charge in [-0.3, -0.25) is 0 Å². The van der Waals surface area contributed by atoms with E-state index in [9.17, 15) is 13.9 Å². The molecule has 1 unspecified atom stereocenters. The predicted octanol–water partition coefficient (Wildman–Crippen LogP) is 4.19. The van der Waals surface area contributed by atoms with E-state index in [1.807, 2.05) is 24.3 Å². The van der Waals surface area contributed by atoms with E-state index in [4.69, 9.17) is 0 Å². The molecule has 20 heavy (non-hydrogen) atoms. The van der Waals surface area contributed by atoms with E-state index < -0.39 is 17.7 Å². The maximum absolute atomic E-state index is 13.5. The van der Waals surface area contributed by atoms with Crippen molar-refractivity contribution in [1.82, 2.24) is 0 Å². The summed E-state index contributed by atoms with van der Waals surface area (Å²) in [5.41, 5.74) is 2.28. The van der Waals surface area contributed by atoms with Gasteiger partial charge in [0.05, 0.1) is 6.10 Å². The highest BCUT2D eigenvalue weighted by molar-refractivity contribution is 5.27. The Morgan fingerprint density at radius 2 is 1.75 bits per heavy atom. The number of aliphatic hydroxyl groups excluding tert-OH is 1. The maximum Gasteiger partial charge on any atom is 0.129 e. The minimum atomic E-state index is -0.786. The smallest absolute Gasteiger partial charge is 0.129 e. The van der Waals surface area contributed by atoms with Gasteiger partial charge in [0.15, 0.2) is 0 Å². The van der Waals surface area contributed by atoms with Crippen molar-refractivity contribution in [2.24, 2.45) is 0 Å². The molecule has 0 bridgehead atoms. The summed E-state index contributed by atoms with van der Waals surface area (Å²) in [5, 5.41) is 10.1. The highest BCUT2D eigenvalue weighted by Gasteiger charge is 2.12. The van der Waals surface area contributed by atoms with Gasteiger partial charge in [0.1, 0.15) is 11.6 Å². The van der Waals surface area contributed by atoms with E-state index in [1.54, 1.807) is 0 Å². The van der Waals surface area contributed by atoms with E-state index in [2.05, 4.69) is 6.92 Å². The first-order valence-electron chi connectivity index (χ1n) is 6.81. The van der Waals surface area contributed by atoms with Crippen LogP contribution in [0.15, 0.2) is 42.5 Å². The topological polar surface area (TPSA) is 20.2 Å². The molecule has 106 valence electrons. The molecule has 2 aromatic rings. The molecule has 1 nitrogen and oxygen atoms in total. The number of hydrogen-bond acceptors (Lipinski definition) is 1. The molecule has 0 amide bonds. The fraction of sp³-hybridized carbons (Fsp3) is 0.294. The first-order chi connectivity index (χ1) is 9.60. The minimum Gasteiger partial charge on any atom is -0.388 e. The Kier molecular flexibility index (Phi) is 4.85. The van der Waals surface area contributed by atoms with E-state index in [-0.39, 0.29) is 6.42 Å². The van der Waals surface area contributed by atoms with Crippen LogP contribution in [0.4, 0.5) is 8.78 Å². The highest BCUT2D eigenvalue weighted by atomic mass is 19.1. The van der Waals surface area contributed by atoms with Crippen LogP contribution >= 0.6 is 0 Å². The van der Waals surface area contributed by atoms with Gasteiger partial charge in [-0.1, -0.05) is 43.7 Å². The van der Waals surface area contributed by atoms with Crippen LogP contribution in [0.3, 0.4) is 0 Å². The summed E-state index contributed by atoms with van der Waals surface area (Å²) in [5.74, 6) is -1.23. The summed E-state index contributed by atoms with van der Waals surface area (Å²) in [6.45, 7) is 2.11.